The van der Waals surface area contributed by atoms with E-state index in [2.05, 4.69) is 29.2 Å². The first-order chi connectivity index (χ1) is 11.8. The lowest BCUT2D eigenvalue weighted by molar-refractivity contribution is 0.0946. The van der Waals surface area contributed by atoms with Crippen molar-refractivity contribution < 1.29 is 4.79 Å². The Morgan fingerprint density at radius 1 is 1.04 bits per heavy atom. The molecule has 3 heteroatoms. The van der Waals surface area contributed by atoms with Gasteiger partial charge in [-0.3, -0.25) is 4.79 Å². The normalized spacial score (nSPS) is 15.3. The molecule has 1 aromatic carbocycles. The minimum atomic E-state index is 0.275. The smallest absolute Gasteiger partial charge is 0.165 e. The van der Waals surface area contributed by atoms with Gasteiger partial charge in [-0.05, 0) is 30.0 Å². The Morgan fingerprint density at radius 3 is 2.62 bits per heavy atom. The SMILES string of the molecule is O=C(CC1CCCCC1)c1cccnc1SCCc1ccccc1. The topological polar surface area (TPSA) is 30.0 Å². The fourth-order valence-electron chi connectivity index (χ4n) is 3.39. The average Bonchev–Trinajstić information content (AvgIpc) is 2.64. The molecular weight excluding hydrogens is 314 g/mol. The van der Waals surface area contributed by atoms with Crippen LogP contribution in [0.2, 0.25) is 0 Å². The van der Waals surface area contributed by atoms with Crippen molar-refractivity contribution in [2.24, 2.45) is 5.92 Å². The standard InChI is InChI=1S/C21H25NOS/c23-20(16-18-10-5-2-6-11-18)19-12-7-14-22-21(19)24-15-13-17-8-3-1-4-9-17/h1,3-4,7-9,12,14,18H,2,5-6,10-11,13,15-16H2. The molecule has 2 aromatic rings. The Balaban J connectivity index is 1.58. The fourth-order valence-corrected chi connectivity index (χ4v) is 4.40. The van der Waals surface area contributed by atoms with Gasteiger partial charge in [0.05, 0.1) is 0 Å². The highest BCUT2D eigenvalue weighted by atomic mass is 32.2. The molecule has 0 unspecified atom stereocenters. The van der Waals surface area contributed by atoms with E-state index in [-0.39, 0.29) is 5.78 Å². The molecule has 1 heterocycles. The van der Waals surface area contributed by atoms with Crippen LogP contribution in [0.15, 0.2) is 53.7 Å². The van der Waals surface area contributed by atoms with E-state index in [9.17, 15) is 4.79 Å². The third-order valence-electron chi connectivity index (χ3n) is 4.74. The molecule has 1 aliphatic carbocycles. The second-order valence-electron chi connectivity index (χ2n) is 6.57. The second-order valence-corrected chi connectivity index (χ2v) is 7.66. The first kappa shape index (κ1) is 17.2. The van der Waals surface area contributed by atoms with E-state index in [1.54, 1.807) is 18.0 Å². The van der Waals surface area contributed by atoms with Crippen molar-refractivity contribution >= 4 is 17.5 Å². The van der Waals surface area contributed by atoms with Crippen LogP contribution in [0.1, 0.15) is 54.4 Å². The molecule has 3 rings (SSSR count). The van der Waals surface area contributed by atoms with Gasteiger partial charge in [-0.15, -0.1) is 11.8 Å². The maximum absolute atomic E-state index is 12.7. The van der Waals surface area contributed by atoms with Crippen molar-refractivity contribution in [2.75, 3.05) is 5.75 Å². The Labute approximate surface area is 149 Å². The van der Waals surface area contributed by atoms with Crippen molar-refractivity contribution in [3.8, 4) is 0 Å². The molecule has 126 valence electrons. The number of ketones is 1. The van der Waals surface area contributed by atoms with Crippen molar-refractivity contribution in [3.63, 3.8) is 0 Å². The zero-order valence-electron chi connectivity index (χ0n) is 14.1. The number of aryl methyl sites for hydroxylation is 1. The number of carbonyl (C=O) groups is 1. The summed E-state index contributed by atoms with van der Waals surface area (Å²) in [5.74, 6) is 1.80. The molecule has 0 amide bonds. The number of rotatable bonds is 7. The summed E-state index contributed by atoms with van der Waals surface area (Å²) in [4.78, 5) is 17.2. The Kier molecular flexibility index (Phi) is 6.48. The molecule has 24 heavy (non-hydrogen) atoms. The van der Waals surface area contributed by atoms with Crippen LogP contribution in [-0.2, 0) is 6.42 Å². The molecule has 1 fully saturated rings. The van der Waals surface area contributed by atoms with Crippen LogP contribution in [0.4, 0.5) is 0 Å². The summed E-state index contributed by atoms with van der Waals surface area (Å²) in [6.07, 6.45) is 9.80. The molecule has 1 saturated carbocycles. The first-order valence-corrected chi connectivity index (χ1v) is 9.96. The summed E-state index contributed by atoms with van der Waals surface area (Å²) in [7, 11) is 0. The number of benzene rings is 1. The number of nitrogens with zero attached hydrogens (tertiary/aromatic N) is 1. The van der Waals surface area contributed by atoms with Gasteiger partial charge in [-0.25, -0.2) is 4.98 Å². The van der Waals surface area contributed by atoms with Gasteiger partial charge in [0.2, 0.25) is 0 Å². The van der Waals surface area contributed by atoms with Gasteiger partial charge in [0, 0.05) is 23.9 Å². The number of Topliss-reactive ketones (excluding diaryl/α,β-unsaturated/α-hetero) is 1. The molecule has 2 nitrogen and oxygen atoms in total. The summed E-state index contributed by atoms with van der Waals surface area (Å²) in [6, 6.07) is 14.3. The Hall–Kier alpha value is -1.61. The number of carbonyl (C=O) groups excluding carboxylic acids is 1. The van der Waals surface area contributed by atoms with Gasteiger partial charge in [0.15, 0.2) is 5.78 Å². The molecule has 0 N–H and O–H groups in total. The number of hydrogen-bond donors (Lipinski definition) is 0. The van der Waals surface area contributed by atoms with Gasteiger partial charge in [-0.2, -0.15) is 0 Å². The van der Waals surface area contributed by atoms with Gasteiger partial charge < -0.3 is 0 Å². The quantitative estimate of drug-likeness (QED) is 0.488. The third-order valence-corrected chi connectivity index (χ3v) is 5.75. The number of pyridine rings is 1. The van der Waals surface area contributed by atoms with Crippen LogP contribution >= 0.6 is 11.8 Å². The first-order valence-electron chi connectivity index (χ1n) is 8.98. The molecule has 0 bridgehead atoms. The van der Waals surface area contributed by atoms with Gasteiger partial charge in [0.1, 0.15) is 5.03 Å². The zero-order chi connectivity index (χ0) is 16.6. The van der Waals surface area contributed by atoms with Gasteiger partial charge in [0.25, 0.3) is 0 Å². The van der Waals surface area contributed by atoms with Crippen LogP contribution in [0, 0.1) is 5.92 Å². The fraction of sp³-hybridized carbons (Fsp3) is 0.429. The van der Waals surface area contributed by atoms with Gasteiger partial charge >= 0.3 is 0 Å². The average molecular weight is 340 g/mol. The maximum atomic E-state index is 12.7. The van der Waals surface area contributed by atoms with Crippen LogP contribution in [0.3, 0.4) is 0 Å². The van der Waals surface area contributed by atoms with Crippen molar-refractivity contribution in [3.05, 3.63) is 59.8 Å². The summed E-state index contributed by atoms with van der Waals surface area (Å²) in [5.41, 5.74) is 2.15. The minimum Gasteiger partial charge on any atom is -0.294 e. The number of thioether (sulfide) groups is 1. The molecule has 0 aliphatic heterocycles. The lowest BCUT2D eigenvalue weighted by atomic mass is 9.85. The summed E-state index contributed by atoms with van der Waals surface area (Å²) >= 11 is 1.70. The van der Waals surface area contributed by atoms with E-state index >= 15 is 0 Å². The molecule has 0 radical (unpaired) electrons. The molecular formula is C21H25NOS. The van der Waals surface area contributed by atoms with E-state index < -0.39 is 0 Å². The van der Waals surface area contributed by atoms with Crippen LogP contribution in [0.25, 0.3) is 0 Å². The summed E-state index contributed by atoms with van der Waals surface area (Å²) in [5, 5.41) is 0.897. The van der Waals surface area contributed by atoms with E-state index in [4.69, 9.17) is 0 Å². The summed E-state index contributed by atoms with van der Waals surface area (Å²) in [6.45, 7) is 0. The van der Waals surface area contributed by atoms with Crippen LogP contribution in [0.5, 0.6) is 0 Å². The number of aromatic nitrogens is 1. The minimum absolute atomic E-state index is 0.275. The monoisotopic (exact) mass is 339 g/mol. The largest absolute Gasteiger partial charge is 0.294 e. The second kappa shape index (κ2) is 9.03. The highest BCUT2D eigenvalue weighted by molar-refractivity contribution is 7.99. The van der Waals surface area contributed by atoms with Crippen LogP contribution in [-0.4, -0.2) is 16.5 Å². The lowest BCUT2D eigenvalue weighted by Crippen LogP contribution is -2.13. The highest BCUT2D eigenvalue weighted by Gasteiger charge is 2.20. The predicted molar refractivity (Wildman–Crippen MR) is 101 cm³/mol. The van der Waals surface area contributed by atoms with Gasteiger partial charge in [-0.1, -0.05) is 62.4 Å². The molecule has 0 atom stereocenters. The lowest BCUT2D eigenvalue weighted by Gasteiger charge is -2.21. The molecule has 1 aliphatic rings. The van der Waals surface area contributed by atoms with Crippen molar-refractivity contribution in [2.45, 2.75) is 50.0 Å². The molecule has 0 spiro atoms. The van der Waals surface area contributed by atoms with E-state index in [1.165, 1.54) is 37.7 Å². The Morgan fingerprint density at radius 2 is 1.83 bits per heavy atom. The number of hydrogen-bond acceptors (Lipinski definition) is 3. The van der Waals surface area contributed by atoms with Crippen molar-refractivity contribution in [1.82, 2.24) is 4.98 Å². The van der Waals surface area contributed by atoms with E-state index in [1.807, 2.05) is 18.2 Å². The summed E-state index contributed by atoms with van der Waals surface area (Å²) < 4.78 is 0. The Bertz CT molecular complexity index is 650. The molecule has 0 saturated heterocycles. The predicted octanol–water partition coefficient (Wildman–Crippen LogP) is 5.57. The maximum Gasteiger partial charge on any atom is 0.165 e. The van der Waals surface area contributed by atoms with Crippen LogP contribution < -0.4 is 0 Å². The van der Waals surface area contributed by atoms with E-state index in [0.29, 0.717) is 12.3 Å². The molecule has 1 aromatic heterocycles. The van der Waals surface area contributed by atoms with Crippen molar-refractivity contribution in [1.29, 1.82) is 0 Å². The highest BCUT2D eigenvalue weighted by Crippen LogP contribution is 2.29. The van der Waals surface area contributed by atoms with E-state index in [0.717, 1.165) is 22.8 Å². The third kappa shape index (κ3) is 4.94. The zero-order valence-corrected chi connectivity index (χ0v) is 14.9.